The van der Waals surface area contributed by atoms with Crippen LogP contribution in [0.25, 0.3) is 0 Å². The van der Waals surface area contributed by atoms with Gasteiger partial charge in [0.1, 0.15) is 0 Å². The van der Waals surface area contributed by atoms with Crippen molar-refractivity contribution < 1.29 is 4.79 Å². The lowest BCUT2D eigenvalue weighted by molar-refractivity contribution is 0.0953. The highest BCUT2D eigenvalue weighted by atomic mass is 16.1. The monoisotopic (exact) mass is 417 g/mol. The molecule has 1 amide bonds. The van der Waals surface area contributed by atoms with Crippen molar-refractivity contribution >= 4 is 11.6 Å². The van der Waals surface area contributed by atoms with Gasteiger partial charge in [-0.25, -0.2) is 0 Å². The van der Waals surface area contributed by atoms with Crippen molar-refractivity contribution in [1.29, 1.82) is 0 Å². The average molecular weight is 418 g/mol. The summed E-state index contributed by atoms with van der Waals surface area (Å²) >= 11 is 0. The third-order valence-electron chi connectivity index (χ3n) is 5.60. The van der Waals surface area contributed by atoms with E-state index in [9.17, 15) is 4.79 Å². The maximum atomic E-state index is 12.1. The van der Waals surface area contributed by atoms with E-state index in [4.69, 9.17) is 0 Å². The van der Waals surface area contributed by atoms with Gasteiger partial charge in [0.05, 0.1) is 0 Å². The zero-order chi connectivity index (χ0) is 22.0. The first-order valence-corrected chi connectivity index (χ1v) is 12.3. The van der Waals surface area contributed by atoms with E-state index in [0.717, 1.165) is 43.2 Å². The predicted octanol–water partition coefficient (Wildman–Crippen LogP) is 6.02. The van der Waals surface area contributed by atoms with Crippen LogP contribution in [0.2, 0.25) is 0 Å². The Labute approximate surface area is 186 Å². The van der Waals surface area contributed by atoms with Crippen molar-refractivity contribution in [2.24, 2.45) is 5.92 Å². The predicted molar refractivity (Wildman–Crippen MR) is 132 cm³/mol. The van der Waals surface area contributed by atoms with Gasteiger partial charge in [-0.2, -0.15) is 0 Å². The van der Waals surface area contributed by atoms with Crippen molar-refractivity contribution in [1.82, 2.24) is 10.6 Å². The molecular weight excluding hydrogens is 370 g/mol. The minimum atomic E-state index is 0.0141. The van der Waals surface area contributed by atoms with E-state index in [-0.39, 0.29) is 5.91 Å². The second-order valence-electron chi connectivity index (χ2n) is 9.17. The molecule has 172 valence electrons. The van der Waals surface area contributed by atoms with Crippen LogP contribution in [-0.2, 0) is 0 Å². The van der Waals surface area contributed by atoms with Gasteiger partial charge < -0.3 is 15.5 Å². The second-order valence-corrected chi connectivity index (χ2v) is 9.17. The van der Waals surface area contributed by atoms with Gasteiger partial charge in [-0.3, -0.25) is 4.79 Å². The fraction of sp³-hybridized carbons (Fsp3) is 0.731. The first-order valence-electron chi connectivity index (χ1n) is 12.3. The van der Waals surface area contributed by atoms with Crippen LogP contribution >= 0.6 is 0 Å². The lowest BCUT2D eigenvalue weighted by Crippen LogP contribution is -2.27. The largest absolute Gasteiger partial charge is 0.378 e. The Hall–Kier alpha value is -1.55. The number of nitrogens with zero attached hydrogens (tertiary/aromatic N) is 1. The Morgan fingerprint density at radius 1 is 0.767 bits per heavy atom. The number of anilines is 1. The molecular formula is C26H47N3O. The van der Waals surface area contributed by atoms with E-state index in [1.165, 1.54) is 64.2 Å². The minimum absolute atomic E-state index is 0.0141. The summed E-state index contributed by atoms with van der Waals surface area (Å²) in [6, 6.07) is 7.72. The number of carbonyl (C=O) groups is 1. The molecule has 0 heterocycles. The molecule has 0 aromatic heterocycles. The molecule has 0 saturated carbocycles. The summed E-state index contributed by atoms with van der Waals surface area (Å²) < 4.78 is 0. The van der Waals surface area contributed by atoms with Crippen molar-refractivity contribution in [2.75, 3.05) is 38.6 Å². The quantitative estimate of drug-likeness (QED) is 0.287. The van der Waals surface area contributed by atoms with Crippen LogP contribution in [0.4, 0.5) is 5.69 Å². The van der Waals surface area contributed by atoms with Crippen LogP contribution < -0.4 is 15.5 Å². The fourth-order valence-electron chi connectivity index (χ4n) is 3.59. The van der Waals surface area contributed by atoms with E-state index in [2.05, 4.69) is 24.5 Å². The molecule has 1 aromatic rings. The molecule has 4 nitrogen and oxygen atoms in total. The summed E-state index contributed by atoms with van der Waals surface area (Å²) in [5, 5.41) is 6.50. The zero-order valence-corrected chi connectivity index (χ0v) is 20.1. The first-order chi connectivity index (χ1) is 14.5. The Bertz CT molecular complexity index is 540. The molecule has 4 heteroatoms. The molecule has 30 heavy (non-hydrogen) atoms. The van der Waals surface area contributed by atoms with Crippen LogP contribution in [0.3, 0.4) is 0 Å². The normalized spacial score (nSPS) is 11.1. The van der Waals surface area contributed by atoms with Gasteiger partial charge in [-0.15, -0.1) is 0 Å². The van der Waals surface area contributed by atoms with Crippen LogP contribution in [0, 0.1) is 5.92 Å². The highest BCUT2D eigenvalue weighted by molar-refractivity contribution is 5.94. The Morgan fingerprint density at radius 3 is 1.87 bits per heavy atom. The zero-order valence-electron chi connectivity index (χ0n) is 20.1. The van der Waals surface area contributed by atoms with Gasteiger partial charge in [0.15, 0.2) is 0 Å². The molecule has 2 N–H and O–H groups in total. The SMILES string of the molecule is CC(C)CCCCCCCCCCCNCCCNC(=O)c1ccc(N(C)C)cc1. The van der Waals surface area contributed by atoms with E-state index in [0.29, 0.717) is 0 Å². The van der Waals surface area contributed by atoms with Crippen LogP contribution in [0.1, 0.15) is 94.8 Å². The smallest absolute Gasteiger partial charge is 0.251 e. The maximum Gasteiger partial charge on any atom is 0.251 e. The molecule has 0 atom stereocenters. The lowest BCUT2D eigenvalue weighted by atomic mass is 10.0. The summed E-state index contributed by atoms with van der Waals surface area (Å²) in [4.78, 5) is 14.2. The van der Waals surface area contributed by atoms with Gasteiger partial charge in [-0.1, -0.05) is 71.6 Å². The third kappa shape index (κ3) is 13.6. The van der Waals surface area contributed by atoms with E-state index in [1.807, 2.05) is 43.3 Å². The number of hydrogen-bond donors (Lipinski definition) is 2. The first kappa shape index (κ1) is 26.5. The van der Waals surface area contributed by atoms with Gasteiger partial charge in [0.2, 0.25) is 0 Å². The van der Waals surface area contributed by atoms with E-state index >= 15 is 0 Å². The van der Waals surface area contributed by atoms with Crippen molar-refractivity contribution in [3.63, 3.8) is 0 Å². The third-order valence-corrected chi connectivity index (χ3v) is 5.60. The number of hydrogen-bond acceptors (Lipinski definition) is 3. The Kier molecular flexibility index (Phi) is 15.2. The number of carbonyl (C=O) groups excluding carboxylic acids is 1. The number of benzene rings is 1. The lowest BCUT2D eigenvalue weighted by Gasteiger charge is -2.12. The molecule has 1 aromatic carbocycles. The Balaban J connectivity index is 1.86. The molecule has 0 unspecified atom stereocenters. The van der Waals surface area contributed by atoms with Gasteiger partial charge in [-0.05, 0) is 56.1 Å². The van der Waals surface area contributed by atoms with Gasteiger partial charge in [0.25, 0.3) is 5.91 Å². The Morgan fingerprint density at radius 2 is 1.30 bits per heavy atom. The molecule has 0 aliphatic carbocycles. The van der Waals surface area contributed by atoms with Crippen LogP contribution in [-0.4, -0.2) is 39.6 Å². The molecule has 0 aliphatic heterocycles. The molecule has 1 rings (SSSR count). The molecule has 0 radical (unpaired) electrons. The average Bonchev–Trinajstić information content (AvgIpc) is 2.73. The standard InChI is InChI=1S/C26H47N3O/c1-23(2)15-12-10-8-6-5-7-9-11-13-20-27-21-14-22-28-26(30)24-16-18-25(19-17-24)29(3)4/h16-19,23,27H,5-15,20-22H2,1-4H3,(H,28,30). The van der Waals surface area contributed by atoms with Crippen molar-refractivity contribution in [2.45, 2.75) is 84.5 Å². The number of rotatable bonds is 18. The summed E-state index contributed by atoms with van der Waals surface area (Å²) in [7, 11) is 4.00. The molecule has 0 bridgehead atoms. The maximum absolute atomic E-state index is 12.1. The summed E-state index contributed by atoms with van der Waals surface area (Å²) in [6.45, 7) is 7.42. The summed E-state index contributed by atoms with van der Waals surface area (Å²) in [6.07, 6.45) is 14.8. The van der Waals surface area contributed by atoms with Crippen LogP contribution in [0.5, 0.6) is 0 Å². The van der Waals surface area contributed by atoms with Gasteiger partial charge >= 0.3 is 0 Å². The molecule has 0 fully saturated rings. The fourth-order valence-corrected chi connectivity index (χ4v) is 3.59. The molecule has 0 spiro atoms. The van der Waals surface area contributed by atoms with E-state index in [1.54, 1.807) is 0 Å². The minimum Gasteiger partial charge on any atom is -0.378 e. The van der Waals surface area contributed by atoms with Crippen LogP contribution in [0.15, 0.2) is 24.3 Å². The van der Waals surface area contributed by atoms with Crippen molar-refractivity contribution in [3.05, 3.63) is 29.8 Å². The second kappa shape index (κ2) is 17.2. The molecule has 0 aliphatic rings. The topological polar surface area (TPSA) is 44.4 Å². The summed E-state index contributed by atoms with van der Waals surface area (Å²) in [5.41, 5.74) is 1.83. The van der Waals surface area contributed by atoms with Crippen molar-refractivity contribution in [3.8, 4) is 0 Å². The number of nitrogens with one attached hydrogen (secondary N) is 2. The number of amides is 1. The van der Waals surface area contributed by atoms with E-state index < -0.39 is 0 Å². The number of unbranched alkanes of at least 4 members (excludes halogenated alkanes) is 8. The van der Waals surface area contributed by atoms with Gasteiger partial charge in [0, 0.05) is 31.9 Å². The summed E-state index contributed by atoms with van der Waals surface area (Å²) in [5.74, 6) is 0.878. The molecule has 0 saturated heterocycles. The highest BCUT2D eigenvalue weighted by Crippen LogP contribution is 2.13. The highest BCUT2D eigenvalue weighted by Gasteiger charge is 2.05.